The summed E-state index contributed by atoms with van der Waals surface area (Å²) in [5.41, 5.74) is 5.51. The smallest absolute Gasteiger partial charge is 0.332 e. The van der Waals surface area contributed by atoms with Crippen LogP contribution < -0.4 is 0 Å². The summed E-state index contributed by atoms with van der Waals surface area (Å²) < 4.78 is 7.04. The van der Waals surface area contributed by atoms with Gasteiger partial charge < -0.3 is 4.74 Å². The maximum absolute atomic E-state index is 12.3. The molecule has 1 aliphatic rings. The van der Waals surface area contributed by atoms with Gasteiger partial charge in [0.2, 0.25) is 0 Å². The van der Waals surface area contributed by atoms with Gasteiger partial charge in [-0.15, -0.1) is 0 Å². The largest absolute Gasteiger partial charge is 0.441 e. The van der Waals surface area contributed by atoms with Gasteiger partial charge in [0.05, 0.1) is 23.4 Å². The van der Waals surface area contributed by atoms with Crippen molar-refractivity contribution in [2.24, 2.45) is 0 Å². The molecule has 0 bridgehead atoms. The third-order valence-corrected chi connectivity index (χ3v) is 5.49. The first-order valence-corrected chi connectivity index (χ1v) is 10.2. The van der Waals surface area contributed by atoms with Gasteiger partial charge in [0.15, 0.2) is 6.73 Å². The van der Waals surface area contributed by atoms with Crippen LogP contribution >= 0.6 is 0 Å². The first-order valence-electron chi connectivity index (χ1n) is 10.2. The first kappa shape index (κ1) is 21.2. The number of hydrogen-bond acceptors (Lipinski definition) is 5. The Morgan fingerprint density at radius 3 is 2.22 bits per heavy atom. The van der Waals surface area contributed by atoms with Crippen LogP contribution in [-0.2, 0) is 16.1 Å². The van der Waals surface area contributed by atoms with Crippen molar-refractivity contribution in [3.05, 3.63) is 93.8 Å². The molecule has 2 amide bonds. The lowest BCUT2D eigenvalue weighted by Crippen LogP contribution is -2.32. The Hall–Kier alpha value is -4.00. The van der Waals surface area contributed by atoms with Crippen LogP contribution in [0.25, 0.3) is 6.08 Å². The van der Waals surface area contributed by atoms with E-state index in [2.05, 4.69) is 29.4 Å². The second kappa shape index (κ2) is 8.63. The summed E-state index contributed by atoms with van der Waals surface area (Å²) >= 11 is 0. The number of nitrogens with zero attached hydrogens (tertiary/aromatic N) is 3. The number of esters is 1. The van der Waals surface area contributed by atoms with Crippen LogP contribution in [0.1, 0.15) is 48.8 Å². The molecular formula is C25H23N3O4. The Bertz CT molecular complexity index is 1200. The molecular weight excluding hydrogens is 406 g/mol. The lowest BCUT2D eigenvalue weighted by atomic mass is 10.1. The number of carbonyl (C=O) groups excluding carboxylic acids is 3. The fourth-order valence-electron chi connectivity index (χ4n) is 3.66. The average molecular weight is 429 g/mol. The molecule has 0 N–H and O–H groups in total. The first-order chi connectivity index (χ1) is 15.3. The van der Waals surface area contributed by atoms with Gasteiger partial charge in [0.25, 0.3) is 11.8 Å². The quantitative estimate of drug-likeness (QED) is 0.339. The van der Waals surface area contributed by atoms with Crippen LogP contribution in [0, 0.1) is 20.8 Å². The number of carbonyl (C=O) groups is 3. The molecule has 4 rings (SSSR count). The van der Waals surface area contributed by atoms with Crippen LogP contribution in [0.5, 0.6) is 0 Å². The summed E-state index contributed by atoms with van der Waals surface area (Å²) in [5.74, 6) is -1.58. The van der Waals surface area contributed by atoms with Crippen molar-refractivity contribution in [2.75, 3.05) is 6.73 Å². The fraction of sp³-hybridized carbons (Fsp3) is 0.200. The summed E-state index contributed by atoms with van der Waals surface area (Å²) in [7, 11) is 0. The van der Waals surface area contributed by atoms with Gasteiger partial charge in [-0.25, -0.2) is 9.69 Å². The predicted octanol–water partition coefficient (Wildman–Crippen LogP) is 3.67. The second-order valence-corrected chi connectivity index (χ2v) is 7.74. The van der Waals surface area contributed by atoms with E-state index in [1.54, 1.807) is 30.3 Å². The van der Waals surface area contributed by atoms with E-state index in [1.165, 1.54) is 11.6 Å². The molecule has 2 aromatic carbocycles. The third-order valence-electron chi connectivity index (χ3n) is 5.49. The number of benzene rings is 2. The number of fused-ring (bicyclic) bond motifs is 1. The monoisotopic (exact) mass is 429 g/mol. The van der Waals surface area contributed by atoms with Gasteiger partial charge in [-0.05, 0) is 44.5 Å². The van der Waals surface area contributed by atoms with Crippen molar-refractivity contribution in [1.29, 1.82) is 0 Å². The highest BCUT2D eigenvalue weighted by Crippen LogP contribution is 2.22. The number of amides is 2. The van der Waals surface area contributed by atoms with E-state index >= 15 is 0 Å². The van der Waals surface area contributed by atoms with Gasteiger partial charge in [0.1, 0.15) is 0 Å². The molecule has 1 aromatic heterocycles. The molecule has 0 saturated carbocycles. The van der Waals surface area contributed by atoms with E-state index < -0.39 is 24.5 Å². The van der Waals surface area contributed by atoms with E-state index in [0.29, 0.717) is 17.7 Å². The molecule has 0 unspecified atom stereocenters. The van der Waals surface area contributed by atoms with E-state index in [-0.39, 0.29) is 0 Å². The van der Waals surface area contributed by atoms with Crippen molar-refractivity contribution >= 4 is 23.9 Å². The van der Waals surface area contributed by atoms with E-state index in [0.717, 1.165) is 27.4 Å². The lowest BCUT2D eigenvalue weighted by Gasteiger charge is -2.12. The number of ether oxygens (including phenoxy) is 1. The van der Waals surface area contributed by atoms with Crippen molar-refractivity contribution in [3.63, 3.8) is 0 Å². The van der Waals surface area contributed by atoms with Crippen molar-refractivity contribution < 1.29 is 19.1 Å². The maximum atomic E-state index is 12.3. The molecule has 0 atom stereocenters. The predicted molar refractivity (Wildman–Crippen MR) is 119 cm³/mol. The maximum Gasteiger partial charge on any atom is 0.332 e. The Labute approximate surface area is 185 Å². The number of aryl methyl sites for hydroxylation is 2. The van der Waals surface area contributed by atoms with Gasteiger partial charge >= 0.3 is 5.97 Å². The average Bonchev–Trinajstić information content (AvgIpc) is 3.19. The number of rotatable bonds is 6. The SMILES string of the molecule is Cc1ccc(Cn2nc(C)c(/C=C/C(=O)OCN3C(=O)c4ccccc4C3=O)c2C)cc1. The Kier molecular flexibility index (Phi) is 5.73. The second-order valence-electron chi connectivity index (χ2n) is 7.74. The minimum absolute atomic E-state index is 0.316. The third kappa shape index (κ3) is 4.09. The van der Waals surface area contributed by atoms with Crippen molar-refractivity contribution in [1.82, 2.24) is 14.7 Å². The normalized spacial score (nSPS) is 13.2. The summed E-state index contributed by atoms with van der Waals surface area (Å²) in [4.78, 5) is 37.8. The van der Waals surface area contributed by atoms with Gasteiger partial charge in [-0.3, -0.25) is 14.3 Å². The van der Waals surface area contributed by atoms with Crippen molar-refractivity contribution in [2.45, 2.75) is 27.3 Å². The van der Waals surface area contributed by atoms with Gasteiger partial charge in [-0.2, -0.15) is 5.10 Å². The van der Waals surface area contributed by atoms with Gasteiger partial charge in [-0.1, -0.05) is 42.0 Å². The molecule has 7 heteroatoms. The minimum atomic E-state index is -0.647. The molecule has 0 saturated heterocycles. The van der Waals surface area contributed by atoms with E-state index in [9.17, 15) is 14.4 Å². The number of aromatic nitrogens is 2. The lowest BCUT2D eigenvalue weighted by molar-refractivity contribution is -0.140. The van der Waals surface area contributed by atoms with Crippen LogP contribution in [-0.4, -0.2) is 39.2 Å². The number of imide groups is 1. The van der Waals surface area contributed by atoms with E-state index in [1.807, 2.05) is 25.5 Å². The summed E-state index contributed by atoms with van der Waals surface area (Å²) in [6.07, 6.45) is 2.93. The zero-order valence-electron chi connectivity index (χ0n) is 18.2. The molecule has 0 fully saturated rings. The fourth-order valence-corrected chi connectivity index (χ4v) is 3.66. The highest BCUT2D eigenvalue weighted by atomic mass is 16.5. The molecule has 0 radical (unpaired) electrons. The van der Waals surface area contributed by atoms with Crippen LogP contribution in [0.4, 0.5) is 0 Å². The van der Waals surface area contributed by atoms with Crippen molar-refractivity contribution in [3.8, 4) is 0 Å². The standard InChI is InChI=1S/C25H23N3O4/c1-16-8-10-19(11-9-16)14-28-18(3)20(17(2)26-28)12-13-23(29)32-15-27-24(30)21-6-4-5-7-22(21)25(27)31/h4-13H,14-15H2,1-3H3/b13-12+. The van der Waals surface area contributed by atoms with Crippen LogP contribution in [0.15, 0.2) is 54.6 Å². The highest BCUT2D eigenvalue weighted by molar-refractivity contribution is 6.21. The molecule has 32 heavy (non-hydrogen) atoms. The molecule has 1 aliphatic heterocycles. The Morgan fingerprint density at radius 2 is 1.59 bits per heavy atom. The van der Waals surface area contributed by atoms with Crippen LogP contribution in [0.3, 0.4) is 0 Å². The zero-order chi connectivity index (χ0) is 22.8. The Morgan fingerprint density at radius 1 is 0.969 bits per heavy atom. The Balaban J connectivity index is 1.40. The molecule has 0 aliphatic carbocycles. The molecule has 7 nitrogen and oxygen atoms in total. The molecule has 0 spiro atoms. The summed E-state index contributed by atoms with van der Waals surface area (Å²) in [6, 6.07) is 14.8. The van der Waals surface area contributed by atoms with Crippen LogP contribution in [0.2, 0.25) is 0 Å². The van der Waals surface area contributed by atoms with E-state index in [4.69, 9.17) is 4.74 Å². The van der Waals surface area contributed by atoms with Gasteiger partial charge in [0, 0.05) is 17.3 Å². The molecule has 3 aromatic rings. The molecule has 2 heterocycles. The minimum Gasteiger partial charge on any atom is -0.441 e. The molecule has 162 valence electrons. The highest BCUT2D eigenvalue weighted by Gasteiger charge is 2.35. The summed E-state index contributed by atoms with van der Waals surface area (Å²) in [5, 5.41) is 4.57. The zero-order valence-corrected chi connectivity index (χ0v) is 18.2. The topological polar surface area (TPSA) is 81.5 Å². The number of hydrogen-bond donors (Lipinski definition) is 0. The summed E-state index contributed by atoms with van der Waals surface area (Å²) in [6.45, 7) is 6.06.